The van der Waals surface area contributed by atoms with Crippen molar-refractivity contribution in [2.45, 2.75) is 11.2 Å². The second kappa shape index (κ2) is 7.74. The number of carboxylic acids is 2. The van der Waals surface area contributed by atoms with E-state index in [4.69, 9.17) is 9.47 Å². The molecule has 0 fully saturated rings. The van der Waals surface area contributed by atoms with Gasteiger partial charge in [-0.3, -0.25) is 0 Å². The van der Waals surface area contributed by atoms with Gasteiger partial charge in [0.2, 0.25) is 0 Å². The second-order valence-corrected chi connectivity index (χ2v) is 7.00. The molecule has 0 bridgehead atoms. The summed E-state index contributed by atoms with van der Waals surface area (Å²) in [5.41, 5.74) is 0.178. The molecule has 0 unspecified atom stereocenters. The minimum Gasteiger partial charge on any atom is -0.480 e. The van der Waals surface area contributed by atoms with E-state index in [1.54, 1.807) is 0 Å². The van der Waals surface area contributed by atoms with Gasteiger partial charge in [0.05, 0.1) is 0 Å². The zero-order valence-electron chi connectivity index (χ0n) is 16.0. The van der Waals surface area contributed by atoms with Crippen LogP contribution in [0.1, 0.15) is 22.3 Å². The maximum Gasteiger partial charge on any atom is 0.329 e. The fourth-order valence-electron chi connectivity index (χ4n) is 4.34. The fraction of sp³-hybridized carbons (Fsp3) is 0.167. The molecule has 2 N–H and O–H groups in total. The SMILES string of the molecule is O=C(O)CO[C@]1(c2ccccc2)c2ccccc2[C@@]1(OCC(=O)O)c1ccccc1. The summed E-state index contributed by atoms with van der Waals surface area (Å²) in [5.74, 6) is -2.26. The molecule has 30 heavy (non-hydrogen) atoms. The van der Waals surface area contributed by atoms with Crippen LogP contribution in [0, 0.1) is 0 Å². The van der Waals surface area contributed by atoms with Crippen LogP contribution in [0.2, 0.25) is 0 Å². The van der Waals surface area contributed by atoms with Crippen LogP contribution >= 0.6 is 0 Å². The molecule has 1 aliphatic carbocycles. The lowest BCUT2D eigenvalue weighted by atomic mass is 9.55. The van der Waals surface area contributed by atoms with Gasteiger partial charge in [-0.25, -0.2) is 9.59 Å². The Morgan fingerprint density at radius 2 is 0.933 bits per heavy atom. The molecule has 6 nitrogen and oxygen atoms in total. The standard InChI is InChI=1S/C24H20O6/c25-21(26)15-29-23(17-9-3-1-4-10-17)19-13-7-8-14-20(19)24(23,30-16-22(27)28)18-11-5-2-6-12-18/h1-14H,15-16H2,(H,25,26)(H,27,28)/t23-,24+. The van der Waals surface area contributed by atoms with Crippen LogP contribution in [0.25, 0.3) is 0 Å². The molecule has 0 amide bonds. The number of aliphatic carboxylic acids is 2. The van der Waals surface area contributed by atoms with E-state index < -0.39 is 36.4 Å². The van der Waals surface area contributed by atoms with E-state index >= 15 is 0 Å². The summed E-state index contributed by atoms with van der Waals surface area (Å²) in [4.78, 5) is 23.0. The van der Waals surface area contributed by atoms with Crippen molar-refractivity contribution < 1.29 is 29.3 Å². The highest BCUT2D eigenvalue weighted by atomic mass is 16.6. The van der Waals surface area contributed by atoms with Gasteiger partial charge in [0, 0.05) is 0 Å². The zero-order chi connectivity index (χ0) is 21.2. The molecule has 6 heteroatoms. The number of ether oxygens (including phenoxy) is 2. The van der Waals surface area contributed by atoms with E-state index in [0.29, 0.717) is 11.1 Å². The summed E-state index contributed by atoms with van der Waals surface area (Å²) >= 11 is 0. The Labute approximate surface area is 173 Å². The summed E-state index contributed by atoms with van der Waals surface area (Å²) in [5, 5.41) is 18.8. The van der Waals surface area contributed by atoms with E-state index in [0.717, 1.165) is 11.1 Å². The highest BCUT2D eigenvalue weighted by molar-refractivity contribution is 5.71. The van der Waals surface area contributed by atoms with Crippen molar-refractivity contribution >= 4 is 11.9 Å². The van der Waals surface area contributed by atoms with Gasteiger partial charge < -0.3 is 19.7 Å². The van der Waals surface area contributed by atoms with Crippen LogP contribution in [0.3, 0.4) is 0 Å². The largest absolute Gasteiger partial charge is 0.480 e. The summed E-state index contributed by atoms with van der Waals surface area (Å²) in [6.07, 6.45) is 0. The van der Waals surface area contributed by atoms with Crippen molar-refractivity contribution in [3.8, 4) is 0 Å². The van der Waals surface area contributed by atoms with Crippen LogP contribution in [-0.2, 0) is 30.3 Å². The first kappa shape index (κ1) is 19.8. The third-order valence-corrected chi connectivity index (χ3v) is 5.37. The highest BCUT2D eigenvalue weighted by Gasteiger charge is 2.67. The van der Waals surface area contributed by atoms with Crippen molar-refractivity contribution in [2.75, 3.05) is 13.2 Å². The molecule has 1 aliphatic rings. The Bertz CT molecular complexity index is 979. The Hall–Kier alpha value is -3.48. The lowest BCUT2D eigenvalue weighted by Crippen LogP contribution is -2.63. The van der Waals surface area contributed by atoms with E-state index in [1.165, 1.54) is 0 Å². The number of carbonyl (C=O) groups is 2. The molecule has 0 saturated carbocycles. The number of carboxylic acid groups (broad SMARTS) is 2. The van der Waals surface area contributed by atoms with E-state index in [2.05, 4.69) is 0 Å². The lowest BCUT2D eigenvalue weighted by molar-refractivity contribution is -0.214. The van der Waals surface area contributed by atoms with E-state index in [-0.39, 0.29) is 0 Å². The smallest absolute Gasteiger partial charge is 0.329 e. The molecular weight excluding hydrogens is 384 g/mol. The number of hydrogen-bond acceptors (Lipinski definition) is 4. The Balaban J connectivity index is 2.04. The van der Waals surface area contributed by atoms with Crippen molar-refractivity contribution in [1.82, 2.24) is 0 Å². The van der Waals surface area contributed by atoms with Gasteiger partial charge in [-0.2, -0.15) is 0 Å². The van der Waals surface area contributed by atoms with Crippen molar-refractivity contribution in [2.24, 2.45) is 0 Å². The molecule has 4 rings (SSSR count). The monoisotopic (exact) mass is 404 g/mol. The quantitative estimate of drug-likeness (QED) is 0.598. The van der Waals surface area contributed by atoms with Gasteiger partial charge >= 0.3 is 11.9 Å². The predicted molar refractivity (Wildman–Crippen MR) is 108 cm³/mol. The van der Waals surface area contributed by atoms with Crippen molar-refractivity contribution in [3.63, 3.8) is 0 Å². The van der Waals surface area contributed by atoms with Crippen LogP contribution in [0.15, 0.2) is 84.9 Å². The average Bonchev–Trinajstić information content (AvgIpc) is 2.76. The third-order valence-electron chi connectivity index (χ3n) is 5.37. The second-order valence-electron chi connectivity index (χ2n) is 7.00. The van der Waals surface area contributed by atoms with Gasteiger partial charge in [0.25, 0.3) is 0 Å². The van der Waals surface area contributed by atoms with Gasteiger partial charge in [-0.15, -0.1) is 0 Å². The van der Waals surface area contributed by atoms with E-state index in [9.17, 15) is 19.8 Å². The highest BCUT2D eigenvalue weighted by Crippen LogP contribution is 2.63. The zero-order valence-corrected chi connectivity index (χ0v) is 16.0. The minimum atomic E-state index is -1.33. The van der Waals surface area contributed by atoms with Crippen LogP contribution < -0.4 is 0 Å². The Morgan fingerprint density at radius 1 is 0.600 bits per heavy atom. The molecule has 0 saturated heterocycles. The molecule has 0 aromatic heterocycles. The predicted octanol–water partition coefficient (Wildman–Crippen LogP) is 3.39. The normalized spacial score (nSPS) is 22.0. The molecule has 2 atom stereocenters. The topological polar surface area (TPSA) is 93.1 Å². The first-order valence-corrected chi connectivity index (χ1v) is 9.45. The molecular formula is C24H20O6. The molecule has 3 aromatic rings. The molecule has 152 valence electrons. The molecule has 3 aromatic carbocycles. The van der Waals surface area contributed by atoms with Crippen LogP contribution in [-0.4, -0.2) is 35.4 Å². The molecule has 0 radical (unpaired) electrons. The maximum atomic E-state index is 11.5. The number of fused-ring (bicyclic) bond motifs is 1. The molecule has 0 heterocycles. The number of benzene rings is 3. The van der Waals surface area contributed by atoms with Crippen LogP contribution in [0.4, 0.5) is 0 Å². The van der Waals surface area contributed by atoms with Gasteiger partial charge in [-0.1, -0.05) is 84.9 Å². The first-order chi connectivity index (χ1) is 14.5. The number of hydrogen-bond donors (Lipinski definition) is 2. The lowest BCUT2D eigenvalue weighted by Gasteiger charge is -2.59. The third kappa shape index (κ3) is 2.89. The van der Waals surface area contributed by atoms with Crippen LogP contribution in [0.5, 0.6) is 0 Å². The van der Waals surface area contributed by atoms with Crippen molar-refractivity contribution in [3.05, 3.63) is 107 Å². The summed E-state index contributed by atoms with van der Waals surface area (Å²) < 4.78 is 12.2. The van der Waals surface area contributed by atoms with Gasteiger partial charge in [-0.05, 0) is 22.3 Å². The Kier molecular flexibility index (Phi) is 5.11. The Morgan fingerprint density at radius 3 is 1.27 bits per heavy atom. The summed E-state index contributed by atoms with van der Waals surface area (Å²) in [7, 11) is 0. The first-order valence-electron chi connectivity index (χ1n) is 9.45. The fourth-order valence-corrected chi connectivity index (χ4v) is 4.34. The molecule has 0 spiro atoms. The summed E-state index contributed by atoms with van der Waals surface area (Å²) in [6.45, 7) is -1.15. The van der Waals surface area contributed by atoms with Gasteiger partial charge in [0.1, 0.15) is 13.2 Å². The number of rotatable bonds is 8. The van der Waals surface area contributed by atoms with Crippen molar-refractivity contribution in [1.29, 1.82) is 0 Å². The summed E-state index contributed by atoms with van der Waals surface area (Å²) in [6, 6.07) is 25.7. The molecule has 0 aliphatic heterocycles. The van der Waals surface area contributed by atoms with E-state index in [1.807, 2.05) is 84.9 Å². The van der Waals surface area contributed by atoms with Gasteiger partial charge in [0.15, 0.2) is 11.2 Å². The minimum absolute atomic E-state index is 0.575. The average molecular weight is 404 g/mol. The maximum absolute atomic E-state index is 11.5.